The number of aromatic nitrogens is 1. The molecule has 1 saturated heterocycles. The maximum absolute atomic E-state index is 14.1. The van der Waals surface area contributed by atoms with E-state index in [0.29, 0.717) is 29.6 Å². The van der Waals surface area contributed by atoms with Gasteiger partial charge in [-0.05, 0) is 50.4 Å². The van der Waals surface area contributed by atoms with Crippen LogP contribution in [0.1, 0.15) is 30.9 Å². The van der Waals surface area contributed by atoms with E-state index < -0.39 is 16.3 Å². The van der Waals surface area contributed by atoms with E-state index in [1.807, 2.05) is 62.4 Å². The number of para-hydroxylation sites is 1. The molecule has 39 heavy (non-hydrogen) atoms. The fourth-order valence-electron chi connectivity index (χ4n) is 4.80. The van der Waals surface area contributed by atoms with Gasteiger partial charge in [0.2, 0.25) is 0 Å². The average molecular weight is 541 g/mol. The highest BCUT2D eigenvalue weighted by Crippen LogP contribution is 2.36. The van der Waals surface area contributed by atoms with Crippen LogP contribution in [0.3, 0.4) is 0 Å². The highest BCUT2D eigenvalue weighted by molar-refractivity contribution is 7.90. The van der Waals surface area contributed by atoms with E-state index in [1.54, 1.807) is 30.3 Å². The first-order valence-electron chi connectivity index (χ1n) is 12.7. The molecule has 1 aliphatic heterocycles. The Morgan fingerprint density at radius 3 is 2.49 bits per heavy atom. The number of hydrogen-bond acceptors (Lipinski definition) is 5. The standard InChI is InChI=1S/C30H28N4O4S/c1-21-14-16-24(17-15-21)39(35,36)34-28-13-7-6-11-25(28)26(30(34)23-9-4-3-5-10-23)12-8-20-37-29-19-18-27(32-33-31)22(2)38-29/h3-7,9-11,13-17,22,27,29H,18-20H2,1-2H3/t22-,27-,29+/m0/s1. The number of nitrogens with zero attached hydrogens (tertiary/aromatic N) is 4. The van der Waals surface area contributed by atoms with E-state index in [2.05, 4.69) is 21.9 Å². The van der Waals surface area contributed by atoms with Crippen LogP contribution >= 0.6 is 0 Å². The second-order valence-electron chi connectivity index (χ2n) is 9.42. The molecule has 1 fully saturated rings. The van der Waals surface area contributed by atoms with Gasteiger partial charge < -0.3 is 9.47 Å². The summed E-state index contributed by atoms with van der Waals surface area (Å²) in [6, 6.07) is 23.4. The molecule has 4 aromatic rings. The SMILES string of the molecule is Cc1ccc(S(=O)(=O)n2c(-c3ccccc3)c(C#CCO[C@H]3CC[C@H](N=[N+]=[N-])[C@H](C)O3)c3ccccc32)cc1. The van der Waals surface area contributed by atoms with Crippen LogP contribution in [0, 0.1) is 18.8 Å². The molecule has 3 aromatic carbocycles. The monoisotopic (exact) mass is 540 g/mol. The minimum absolute atomic E-state index is 0.0992. The van der Waals surface area contributed by atoms with Crippen LogP contribution in [0.4, 0.5) is 0 Å². The lowest BCUT2D eigenvalue weighted by molar-refractivity contribution is -0.187. The molecule has 198 valence electrons. The molecular weight excluding hydrogens is 512 g/mol. The third-order valence-corrected chi connectivity index (χ3v) is 8.53. The Morgan fingerprint density at radius 1 is 1.05 bits per heavy atom. The van der Waals surface area contributed by atoms with Gasteiger partial charge in [0.15, 0.2) is 6.29 Å². The molecule has 0 N–H and O–H groups in total. The van der Waals surface area contributed by atoms with Gasteiger partial charge in [-0.3, -0.25) is 0 Å². The van der Waals surface area contributed by atoms with Gasteiger partial charge in [0, 0.05) is 15.9 Å². The van der Waals surface area contributed by atoms with Crippen molar-refractivity contribution in [1.29, 1.82) is 0 Å². The van der Waals surface area contributed by atoms with Crippen molar-refractivity contribution in [3.8, 4) is 23.1 Å². The van der Waals surface area contributed by atoms with E-state index in [-0.39, 0.29) is 23.6 Å². The van der Waals surface area contributed by atoms with E-state index >= 15 is 0 Å². The van der Waals surface area contributed by atoms with Crippen LogP contribution in [0.5, 0.6) is 0 Å². The minimum atomic E-state index is -3.94. The normalized spacial score (nSPS) is 19.2. The Labute approximate surface area is 227 Å². The molecule has 0 bridgehead atoms. The Morgan fingerprint density at radius 2 is 1.77 bits per heavy atom. The number of azide groups is 1. The van der Waals surface area contributed by atoms with Crippen molar-refractivity contribution in [1.82, 2.24) is 3.97 Å². The number of aryl methyl sites for hydroxylation is 1. The maximum Gasteiger partial charge on any atom is 0.268 e. The number of benzene rings is 3. The Bertz CT molecular complexity index is 1700. The summed E-state index contributed by atoms with van der Waals surface area (Å²) in [4.78, 5) is 3.09. The largest absolute Gasteiger partial charge is 0.349 e. The molecule has 5 rings (SSSR count). The van der Waals surface area contributed by atoms with Crippen LogP contribution < -0.4 is 0 Å². The molecule has 9 heteroatoms. The van der Waals surface area contributed by atoms with Crippen molar-refractivity contribution < 1.29 is 17.9 Å². The predicted molar refractivity (Wildman–Crippen MR) is 150 cm³/mol. The first-order chi connectivity index (χ1) is 18.9. The number of fused-ring (bicyclic) bond motifs is 1. The van der Waals surface area contributed by atoms with Gasteiger partial charge in [-0.1, -0.05) is 83.2 Å². The van der Waals surface area contributed by atoms with Crippen LogP contribution in [0.15, 0.2) is 88.9 Å². The zero-order valence-corrected chi connectivity index (χ0v) is 22.5. The van der Waals surface area contributed by atoms with E-state index in [9.17, 15) is 8.42 Å². The minimum Gasteiger partial charge on any atom is -0.349 e. The van der Waals surface area contributed by atoms with Crippen LogP contribution in [0.25, 0.3) is 32.6 Å². The Kier molecular flexibility index (Phi) is 7.73. The van der Waals surface area contributed by atoms with E-state index in [4.69, 9.17) is 15.0 Å². The first-order valence-corrected chi connectivity index (χ1v) is 14.2. The van der Waals surface area contributed by atoms with E-state index in [0.717, 1.165) is 16.5 Å². The van der Waals surface area contributed by atoms with Gasteiger partial charge in [0.25, 0.3) is 10.0 Å². The molecule has 0 spiro atoms. The lowest BCUT2D eigenvalue weighted by Gasteiger charge is -2.31. The summed E-state index contributed by atoms with van der Waals surface area (Å²) in [7, 11) is -3.94. The van der Waals surface area contributed by atoms with Crippen molar-refractivity contribution >= 4 is 20.9 Å². The van der Waals surface area contributed by atoms with Crippen molar-refractivity contribution in [3.63, 3.8) is 0 Å². The second-order valence-corrected chi connectivity index (χ2v) is 11.2. The summed E-state index contributed by atoms with van der Waals surface area (Å²) < 4.78 is 41.2. The third-order valence-electron chi connectivity index (χ3n) is 6.80. The van der Waals surface area contributed by atoms with Crippen LogP contribution in [-0.4, -0.2) is 37.4 Å². The van der Waals surface area contributed by atoms with Gasteiger partial charge in [-0.2, -0.15) is 0 Å². The molecule has 1 aliphatic rings. The highest BCUT2D eigenvalue weighted by atomic mass is 32.2. The zero-order chi connectivity index (χ0) is 27.4. The summed E-state index contributed by atoms with van der Waals surface area (Å²) in [6.07, 6.45) is 0.573. The summed E-state index contributed by atoms with van der Waals surface area (Å²) in [6.45, 7) is 3.88. The lowest BCUT2D eigenvalue weighted by Crippen LogP contribution is -2.36. The molecular formula is C30H28N4O4S. The second kappa shape index (κ2) is 11.4. The molecule has 1 aromatic heterocycles. The molecule has 3 atom stereocenters. The van der Waals surface area contributed by atoms with E-state index in [1.165, 1.54) is 3.97 Å². The molecule has 0 saturated carbocycles. The molecule has 2 heterocycles. The van der Waals surface area contributed by atoms with Gasteiger partial charge in [0.05, 0.1) is 33.8 Å². The van der Waals surface area contributed by atoms with Crippen molar-refractivity contribution in [2.75, 3.05) is 6.61 Å². The van der Waals surface area contributed by atoms with Gasteiger partial charge in [-0.25, -0.2) is 12.4 Å². The molecule has 0 amide bonds. The van der Waals surface area contributed by atoms with Crippen LogP contribution in [0.2, 0.25) is 0 Å². The van der Waals surface area contributed by atoms with Gasteiger partial charge >= 0.3 is 0 Å². The summed E-state index contributed by atoms with van der Waals surface area (Å²) in [5.74, 6) is 6.28. The zero-order valence-electron chi connectivity index (χ0n) is 21.7. The van der Waals surface area contributed by atoms with Gasteiger partial charge in [-0.15, -0.1) is 0 Å². The predicted octanol–water partition coefficient (Wildman–Crippen LogP) is 6.43. The summed E-state index contributed by atoms with van der Waals surface area (Å²) >= 11 is 0. The van der Waals surface area contributed by atoms with Crippen molar-refractivity contribution in [2.45, 2.75) is 50.0 Å². The highest BCUT2D eigenvalue weighted by Gasteiger charge is 2.29. The van der Waals surface area contributed by atoms with Crippen molar-refractivity contribution in [2.24, 2.45) is 5.11 Å². The number of rotatable bonds is 6. The fraction of sp³-hybridized carbons (Fsp3) is 0.267. The average Bonchev–Trinajstić information content (AvgIpc) is 3.28. The molecule has 8 nitrogen and oxygen atoms in total. The first kappa shape index (κ1) is 26.5. The third kappa shape index (κ3) is 5.42. The molecule has 0 aliphatic carbocycles. The molecule has 0 radical (unpaired) electrons. The lowest BCUT2D eigenvalue weighted by atomic mass is 10.0. The van der Waals surface area contributed by atoms with Gasteiger partial charge in [0.1, 0.15) is 6.61 Å². The van der Waals surface area contributed by atoms with Crippen molar-refractivity contribution in [3.05, 3.63) is 100 Å². The smallest absolute Gasteiger partial charge is 0.268 e. The topological polar surface area (TPSA) is 106 Å². The summed E-state index contributed by atoms with van der Waals surface area (Å²) in [5, 5.41) is 4.51. The summed E-state index contributed by atoms with van der Waals surface area (Å²) in [5.41, 5.74) is 12.1. The Balaban J connectivity index is 1.55. The van der Waals surface area contributed by atoms with Crippen LogP contribution in [-0.2, 0) is 19.5 Å². The maximum atomic E-state index is 14.1. The number of ether oxygens (including phenoxy) is 2. The fourth-order valence-corrected chi connectivity index (χ4v) is 6.35. The quantitative estimate of drug-likeness (QED) is 0.122. The Hall–Kier alpha value is -4.06. The number of hydrogen-bond donors (Lipinski definition) is 0. The molecule has 0 unspecified atom stereocenters.